The van der Waals surface area contributed by atoms with Gasteiger partial charge in [0.25, 0.3) is 5.91 Å². The summed E-state index contributed by atoms with van der Waals surface area (Å²) in [5, 5.41) is 15.6. The first-order chi connectivity index (χ1) is 11.2. The lowest BCUT2D eigenvalue weighted by molar-refractivity contribution is 0.0943. The predicted octanol–water partition coefficient (Wildman–Crippen LogP) is 2.19. The molecule has 1 aromatic carbocycles. The summed E-state index contributed by atoms with van der Waals surface area (Å²) in [7, 11) is 0. The number of H-pyrrole nitrogens is 1. The third-order valence-corrected chi connectivity index (χ3v) is 3.77. The number of nitrogens with zero attached hydrogens (tertiary/aromatic N) is 4. The topological polar surface area (TPSA) is 88.0 Å². The van der Waals surface area contributed by atoms with Gasteiger partial charge >= 0.3 is 0 Å². The van der Waals surface area contributed by atoms with Crippen molar-refractivity contribution in [3.8, 4) is 0 Å². The number of amides is 1. The van der Waals surface area contributed by atoms with Crippen LogP contribution in [0.3, 0.4) is 0 Å². The van der Waals surface area contributed by atoms with Crippen LogP contribution in [0.1, 0.15) is 16.2 Å². The highest BCUT2D eigenvalue weighted by molar-refractivity contribution is 6.31. The van der Waals surface area contributed by atoms with Crippen LogP contribution in [-0.4, -0.2) is 30.7 Å². The van der Waals surface area contributed by atoms with E-state index in [4.69, 9.17) is 11.6 Å². The Balaban J connectivity index is 1.58. The Morgan fingerprint density at radius 3 is 3.17 bits per heavy atom. The van der Waals surface area contributed by atoms with Crippen LogP contribution in [-0.2, 0) is 6.54 Å². The number of hydrogen-bond donors (Lipinski definition) is 2. The summed E-state index contributed by atoms with van der Waals surface area (Å²) in [5.74, 6) is -0.263. The molecule has 23 heavy (non-hydrogen) atoms. The molecule has 3 heterocycles. The Labute approximate surface area is 135 Å². The lowest BCUT2D eigenvalue weighted by Gasteiger charge is -2.03. The SMILES string of the molecule is O=C(NCc1[nH]nc2ccc(Cl)cc12)c1cnc2cccnn12. The number of carbonyl (C=O) groups is 1. The molecule has 4 rings (SSSR count). The number of aromatic amines is 1. The summed E-state index contributed by atoms with van der Waals surface area (Å²) >= 11 is 6.01. The minimum Gasteiger partial charge on any atom is -0.345 e. The van der Waals surface area contributed by atoms with Gasteiger partial charge in [0, 0.05) is 16.6 Å². The summed E-state index contributed by atoms with van der Waals surface area (Å²) in [5.41, 5.74) is 2.59. The van der Waals surface area contributed by atoms with Gasteiger partial charge in [0.05, 0.1) is 24.0 Å². The van der Waals surface area contributed by atoms with Crippen LogP contribution in [0.4, 0.5) is 0 Å². The Morgan fingerprint density at radius 1 is 1.35 bits per heavy atom. The normalized spacial score (nSPS) is 11.2. The highest BCUT2D eigenvalue weighted by Gasteiger charge is 2.13. The number of nitrogens with one attached hydrogen (secondary N) is 2. The van der Waals surface area contributed by atoms with Crippen molar-refractivity contribution in [3.63, 3.8) is 0 Å². The molecule has 1 amide bonds. The summed E-state index contributed by atoms with van der Waals surface area (Å²) in [6.45, 7) is 0.301. The Hall–Kier alpha value is -2.93. The third kappa shape index (κ3) is 2.40. The molecule has 2 N–H and O–H groups in total. The monoisotopic (exact) mass is 326 g/mol. The summed E-state index contributed by atoms with van der Waals surface area (Å²) in [6.07, 6.45) is 3.11. The molecule has 0 fully saturated rings. The van der Waals surface area contributed by atoms with Gasteiger partial charge in [-0.25, -0.2) is 9.50 Å². The molecule has 0 radical (unpaired) electrons. The fourth-order valence-corrected chi connectivity index (χ4v) is 2.59. The highest BCUT2D eigenvalue weighted by atomic mass is 35.5. The Kier molecular flexibility index (Phi) is 3.20. The molecule has 0 aliphatic carbocycles. The first-order valence-electron chi connectivity index (χ1n) is 6.92. The number of benzene rings is 1. The lowest BCUT2D eigenvalue weighted by atomic mass is 10.2. The Morgan fingerprint density at radius 2 is 2.26 bits per heavy atom. The zero-order chi connectivity index (χ0) is 15.8. The minimum absolute atomic E-state index is 0.263. The predicted molar refractivity (Wildman–Crippen MR) is 85.3 cm³/mol. The van der Waals surface area contributed by atoms with E-state index in [9.17, 15) is 4.79 Å². The molecule has 0 aliphatic rings. The van der Waals surface area contributed by atoms with Crippen LogP contribution < -0.4 is 5.32 Å². The molecule has 0 bridgehead atoms. The molecule has 0 saturated carbocycles. The van der Waals surface area contributed by atoms with Crippen molar-refractivity contribution >= 4 is 34.1 Å². The average Bonchev–Trinajstić information content (AvgIpc) is 3.16. The minimum atomic E-state index is -0.263. The average molecular weight is 327 g/mol. The van der Waals surface area contributed by atoms with Gasteiger partial charge in [-0.15, -0.1) is 0 Å². The summed E-state index contributed by atoms with van der Waals surface area (Å²) < 4.78 is 1.50. The molecule has 3 aromatic heterocycles. The van der Waals surface area contributed by atoms with Crippen LogP contribution >= 0.6 is 11.6 Å². The number of halogens is 1. The van der Waals surface area contributed by atoms with Crippen LogP contribution in [0.2, 0.25) is 5.02 Å². The van der Waals surface area contributed by atoms with Gasteiger partial charge in [-0.1, -0.05) is 11.6 Å². The first-order valence-corrected chi connectivity index (χ1v) is 7.29. The second-order valence-corrected chi connectivity index (χ2v) is 5.42. The Bertz CT molecular complexity index is 1020. The van der Waals surface area contributed by atoms with Crippen molar-refractivity contribution in [2.24, 2.45) is 0 Å². The van der Waals surface area contributed by atoms with Gasteiger partial charge in [0.2, 0.25) is 0 Å². The second kappa shape index (κ2) is 5.36. The standard InChI is InChI=1S/C15H11ClN6O/c16-9-3-4-11-10(6-9)12(21-20-11)7-18-15(23)13-8-17-14-2-1-5-19-22(13)14/h1-6,8H,7H2,(H,18,23)(H,20,21). The number of fused-ring (bicyclic) bond motifs is 2. The van der Waals surface area contributed by atoms with Gasteiger partial charge in [-0.3, -0.25) is 9.89 Å². The molecule has 0 atom stereocenters. The zero-order valence-corrected chi connectivity index (χ0v) is 12.6. The molecule has 7 nitrogen and oxygen atoms in total. The van der Waals surface area contributed by atoms with Crippen LogP contribution in [0.5, 0.6) is 0 Å². The molecule has 4 aromatic rings. The molecule has 0 unspecified atom stereocenters. The molecular formula is C15H11ClN6O. The summed E-state index contributed by atoms with van der Waals surface area (Å²) in [4.78, 5) is 16.5. The van der Waals surface area contributed by atoms with E-state index in [0.717, 1.165) is 16.6 Å². The zero-order valence-electron chi connectivity index (χ0n) is 11.8. The molecule has 0 spiro atoms. The van der Waals surface area contributed by atoms with Gasteiger partial charge in [-0.05, 0) is 30.3 Å². The number of carbonyl (C=O) groups excluding carboxylic acids is 1. The van der Waals surface area contributed by atoms with E-state index in [0.29, 0.717) is 22.9 Å². The maximum atomic E-state index is 12.3. The fourth-order valence-electron chi connectivity index (χ4n) is 2.41. The van der Waals surface area contributed by atoms with Crippen molar-refractivity contribution in [3.05, 3.63) is 59.1 Å². The number of aromatic nitrogens is 5. The van der Waals surface area contributed by atoms with Crippen LogP contribution in [0, 0.1) is 0 Å². The first kappa shape index (κ1) is 13.7. The van der Waals surface area contributed by atoms with Crippen LogP contribution in [0.25, 0.3) is 16.6 Å². The van der Waals surface area contributed by atoms with E-state index in [1.54, 1.807) is 24.4 Å². The molecule has 0 saturated heterocycles. The van der Waals surface area contributed by atoms with E-state index in [1.807, 2.05) is 12.1 Å². The number of rotatable bonds is 3. The smallest absolute Gasteiger partial charge is 0.271 e. The van der Waals surface area contributed by atoms with E-state index < -0.39 is 0 Å². The van der Waals surface area contributed by atoms with Gasteiger partial charge in [0.1, 0.15) is 5.69 Å². The molecule has 114 valence electrons. The van der Waals surface area contributed by atoms with Gasteiger partial charge in [-0.2, -0.15) is 10.2 Å². The summed E-state index contributed by atoms with van der Waals surface area (Å²) in [6, 6.07) is 8.97. The van der Waals surface area contributed by atoms with Crippen molar-refractivity contribution < 1.29 is 4.79 Å². The maximum Gasteiger partial charge on any atom is 0.271 e. The van der Waals surface area contributed by atoms with Crippen molar-refractivity contribution in [1.29, 1.82) is 0 Å². The van der Waals surface area contributed by atoms with Crippen LogP contribution in [0.15, 0.2) is 42.7 Å². The quantitative estimate of drug-likeness (QED) is 0.604. The number of hydrogen-bond acceptors (Lipinski definition) is 4. The van der Waals surface area contributed by atoms with Crippen molar-refractivity contribution in [2.75, 3.05) is 0 Å². The van der Waals surface area contributed by atoms with E-state index in [2.05, 4.69) is 25.6 Å². The lowest BCUT2D eigenvalue weighted by Crippen LogP contribution is -2.24. The van der Waals surface area contributed by atoms with Gasteiger partial charge in [0.15, 0.2) is 5.65 Å². The van der Waals surface area contributed by atoms with E-state index >= 15 is 0 Å². The fraction of sp³-hybridized carbons (Fsp3) is 0.0667. The second-order valence-electron chi connectivity index (χ2n) is 4.98. The van der Waals surface area contributed by atoms with E-state index in [-0.39, 0.29) is 5.91 Å². The van der Waals surface area contributed by atoms with Crippen molar-refractivity contribution in [1.82, 2.24) is 30.1 Å². The number of imidazole rings is 1. The molecule has 0 aliphatic heterocycles. The highest BCUT2D eigenvalue weighted by Crippen LogP contribution is 2.20. The third-order valence-electron chi connectivity index (χ3n) is 3.53. The van der Waals surface area contributed by atoms with Gasteiger partial charge < -0.3 is 5.32 Å². The largest absolute Gasteiger partial charge is 0.345 e. The molecular weight excluding hydrogens is 316 g/mol. The van der Waals surface area contributed by atoms with Crippen molar-refractivity contribution in [2.45, 2.75) is 6.54 Å². The maximum absolute atomic E-state index is 12.3. The van der Waals surface area contributed by atoms with E-state index in [1.165, 1.54) is 10.7 Å². The molecule has 8 heteroatoms.